The molecule has 0 fully saturated rings. The van der Waals surface area contributed by atoms with E-state index in [4.69, 9.17) is 10.5 Å². The van der Waals surface area contributed by atoms with Gasteiger partial charge >= 0.3 is 5.97 Å². The zero-order valence-corrected chi connectivity index (χ0v) is 14.1. The van der Waals surface area contributed by atoms with Crippen LogP contribution in [0.25, 0.3) is 0 Å². The second kappa shape index (κ2) is 8.11. The molecule has 1 rings (SSSR count). The van der Waals surface area contributed by atoms with Crippen molar-refractivity contribution in [1.29, 1.82) is 0 Å². The number of carbonyl (C=O) groups excluding carboxylic acids is 1. The molecular weight excluding hydrogens is 294 g/mol. The number of carboxylic acid groups (broad SMARTS) is 1. The summed E-state index contributed by atoms with van der Waals surface area (Å²) in [5.74, 6) is -0.653. The van der Waals surface area contributed by atoms with E-state index in [1.165, 1.54) is 0 Å². The van der Waals surface area contributed by atoms with Gasteiger partial charge in [0.15, 0.2) is 5.72 Å². The molecule has 0 aliphatic rings. The number of carboxylic acids is 1. The van der Waals surface area contributed by atoms with E-state index in [0.717, 1.165) is 19.1 Å². The highest BCUT2D eigenvalue weighted by atomic mass is 16.5. The molecule has 3 N–H and O–H groups in total. The average molecular weight is 321 g/mol. The van der Waals surface area contributed by atoms with Crippen LogP contribution in [0.1, 0.15) is 46.5 Å². The molecular formula is C18H27NO4. The highest BCUT2D eigenvalue weighted by molar-refractivity contribution is 5.75. The number of nitrogens with two attached hydrogens (primary N) is 1. The molecule has 0 radical (unpaired) electrons. The second-order valence-corrected chi connectivity index (χ2v) is 6.49. The van der Waals surface area contributed by atoms with Gasteiger partial charge in [-0.15, -0.1) is 0 Å². The molecule has 0 saturated heterocycles. The number of aliphatic carboxylic acids is 1. The van der Waals surface area contributed by atoms with Crippen LogP contribution < -0.4 is 10.5 Å². The van der Waals surface area contributed by atoms with E-state index in [2.05, 4.69) is 0 Å². The molecule has 0 bridgehead atoms. The summed E-state index contributed by atoms with van der Waals surface area (Å²) >= 11 is 0. The number of unbranched alkanes of at least 4 members (excludes halogenated alkanes) is 2. The van der Waals surface area contributed by atoms with Crippen molar-refractivity contribution in [3.8, 4) is 5.75 Å². The van der Waals surface area contributed by atoms with Crippen molar-refractivity contribution < 1.29 is 19.4 Å². The molecule has 5 nitrogen and oxygen atoms in total. The Morgan fingerprint density at radius 1 is 1.30 bits per heavy atom. The van der Waals surface area contributed by atoms with Crippen LogP contribution in [0.3, 0.4) is 0 Å². The van der Waals surface area contributed by atoms with E-state index >= 15 is 0 Å². The molecule has 0 aromatic heterocycles. The molecule has 1 aromatic carbocycles. The molecule has 0 aliphatic heterocycles. The highest BCUT2D eigenvalue weighted by Crippen LogP contribution is 2.39. The fourth-order valence-corrected chi connectivity index (χ4v) is 2.59. The number of hydrogen-bond acceptors (Lipinski definition) is 4. The Hall–Kier alpha value is -1.88. The van der Waals surface area contributed by atoms with Gasteiger partial charge in [0.25, 0.3) is 0 Å². The van der Waals surface area contributed by atoms with E-state index in [0.29, 0.717) is 18.6 Å². The van der Waals surface area contributed by atoms with Gasteiger partial charge in [-0.05, 0) is 38.8 Å². The van der Waals surface area contributed by atoms with Crippen LogP contribution in [0, 0.1) is 11.3 Å². The van der Waals surface area contributed by atoms with E-state index in [1.54, 1.807) is 26.0 Å². The molecule has 0 spiro atoms. The zero-order chi connectivity index (χ0) is 17.5. The molecule has 1 aromatic rings. The lowest BCUT2D eigenvalue weighted by Gasteiger charge is -2.45. The van der Waals surface area contributed by atoms with Gasteiger partial charge in [0.2, 0.25) is 0 Å². The van der Waals surface area contributed by atoms with Crippen LogP contribution in [0.5, 0.6) is 5.75 Å². The molecule has 23 heavy (non-hydrogen) atoms. The molecule has 0 amide bonds. The van der Waals surface area contributed by atoms with Gasteiger partial charge in [-0.2, -0.15) is 0 Å². The van der Waals surface area contributed by atoms with Crippen molar-refractivity contribution in [3.05, 3.63) is 30.3 Å². The minimum absolute atomic E-state index is 0.194. The standard InChI is InChI=1S/C18H27NO4/c1-14(10-6-5-9-13-20)18(19,17(2,3)16(21)22)23-15-11-7-4-8-12-15/h4,7-8,11-14H,5-6,9-10,19H2,1-3H3,(H,21,22). The summed E-state index contributed by atoms with van der Waals surface area (Å²) in [7, 11) is 0. The number of rotatable bonds is 10. The van der Waals surface area contributed by atoms with Gasteiger partial charge < -0.3 is 14.6 Å². The maximum atomic E-state index is 11.7. The zero-order valence-electron chi connectivity index (χ0n) is 14.1. The fourth-order valence-electron chi connectivity index (χ4n) is 2.59. The largest absolute Gasteiger partial charge is 0.481 e. The highest BCUT2D eigenvalue weighted by Gasteiger charge is 2.53. The lowest BCUT2D eigenvalue weighted by atomic mass is 9.73. The summed E-state index contributed by atoms with van der Waals surface area (Å²) in [4.78, 5) is 22.1. The fraction of sp³-hybridized carbons (Fsp3) is 0.556. The predicted molar refractivity (Wildman–Crippen MR) is 89.1 cm³/mol. The Balaban J connectivity index is 3.00. The maximum absolute atomic E-state index is 11.7. The molecule has 2 unspecified atom stereocenters. The normalized spacial score (nSPS) is 15.5. The Kier molecular flexibility index (Phi) is 6.76. The van der Waals surface area contributed by atoms with Crippen molar-refractivity contribution in [3.63, 3.8) is 0 Å². The van der Waals surface area contributed by atoms with Gasteiger partial charge in [-0.1, -0.05) is 31.5 Å². The summed E-state index contributed by atoms with van der Waals surface area (Å²) in [6, 6.07) is 9.02. The third-order valence-corrected chi connectivity index (χ3v) is 4.48. The summed E-state index contributed by atoms with van der Waals surface area (Å²) in [6.07, 6.45) is 3.65. The molecule has 5 heteroatoms. The van der Waals surface area contributed by atoms with Crippen LogP contribution in [0.4, 0.5) is 0 Å². The summed E-state index contributed by atoms with van der Waals surface area (Å²) < 4.78 is 5.97. The summed E-state index contributed by atoms with van der Waals surface area (Å²) in [6.45, 7) is 5.06. The van der Waals surface area contributed by atoms with Crippen molar-refractivity contribution >= 4 is 12.3 Å². The van der Waals surface area contributed by atoms with Gasteiger partial charge in [0.05, 0.1) is 0 Å². The third kappa shape index (κ3) is 4.55. The van der Waals surface area contributed by atoms with Crippen molar-refractivity contribution in [2.45, 2.75) is 52.2 Å². The van der Waals surface area contributed by atoms with Crippen LogP contribution in [-0.4, -0.2) is 23.1 Å². The first-order chi connectivity index (χ1) is 10.8. The average Bonchev–Trinajstić information content (AvgIpc) is 2.51. The molecule has 128 valence electrons. The second-order valence-electron chi connectivity index (χ2n) is 6.49. The Labute approximate surface area is 137 Å². The number of benzene rings is 1. The van der Waals surface area contributed by atoms with Crippen LogP contribution in [0.15, 0.2) is 30.3 Å². The lowest BCUT2D eigenvalue weighted by molar-refractivity contribution is -0.167. The quantitative estimate of drug-likeness (QED) is 0.392. The van der Waals surface area contributed by atoms with Gasteiger partial charge in [0, 0.05) is 12.3 Å². The van der Waals surface area contributed by atoms with E-state index in [1.807, 2.05) is 25.1 Å². The first-order valence-electron chi connectivity index (χ1n) is 7.95. The van der Waals surface area contributed by atoms with Crippen LogP contribution in [-0.2, 0) is 9.59 Å². The van der Waals surface area contributed by atoms with Crippen molar-refractivity contribution in [1.82, 2.24) is 0 Å². The first kappa shape index (κ1) is 19.2. The first-order valence-corrected chi connectivity index (χ1v) is 7.95. The number of carbonyl (C=O) groups is 2. The Morgan fingerprint density at radius 3 is 2.43 bits per heavy atom. The van der Waals surface area contributed by atoms with E-state index in [-0.39, 0.29) is 5.92 Å². The van der Waals surface area contributed by atoms with Gasteiger partial charge in [-0.3, -0.25) is 10.5 Å². The van der Waals surface area contributed by atoms with Crippen molar-refractivity contribution in [2.24, 2.45) is 17.1 Å². The minimum Gasteiger partial charge on any atom is -0.481 e. The number of para-hydroxylation sites is 1. The lowest BCUT2D eigenvalue weighted by Crippen LogP contribution is -2.64. The summed E-state index contributed by atoms with van der Waals surface area (Å²) in [5.41, 5.74) is 3.86. The van der Waals surface area contributed by atoms with Crippen LogP contribution >= 0.6 is 0 Å². The topological polar surface area (TPSA) is 89.6 Å². The SMILES string of the molecule is CC(CCCCC=O)C(N)(Oc1ccccc1)C(C)(C)C(=O)O. The van der Waals surface area contributed by atoms with Crippen molar-refractivity contribution in [2.75, 3.05) is 0 Å². The van der Waals surface area contributed by atoms with Gasteiger partial charge in [0.1, 0.15) is 17.5 Å². The molecule has 2 atom stereocenters. The van der Waals surface area contributed by atoms with E-state index < -0.39 is 17.1 Å². The molecule has 0 saturated carbocycles. The third-order valence-electron chi connectivity index (χ3n) is 4.48. The number of aldehydes is 1. The minimum atomic E-state index is -1.36. The van der Waals surface area contributed by atoms with Gasteiger partial charge in [-0.25, -0.2) is 0 Å². The predicted octanol–water partition coefficient (Wildman–Crippen LogP) is 3.23. The van der Waals surface area contributed by atoms with E-state index in [9.17, 15) is 14.7 Å². The number of hydrogen-bond donors (Lipinski definition) is 2. The monoisotopic (exact) mass is 321 g/mol. The smallest absolute Gasteiger partial charge is 0.314 e. The molecule has 0 aliphatic carbocycles. The number of ether oxygens (including phenoxy) is 1. The maximum Gasteiger partial charge on any atom is 0.314 e. The summed E-state index contributed by atoms with van der Waals surface area (Å²) in [5, 5.41) is 9.61. The van der Waals surface area contributed by atoms with Crippen LogP contribution in [0.2, 0.25) is 0 Å². The molecule has 0 heterocycles. The Bertz CT molecular complexity index is 515. The Morgan fingerprint density at radius 2 is 1.91 bits per heavy atom.